The zero-order chi connectivity index (χ0) is 80.1. The number of methoxy groups -OCH3 is 1. The number of hydrogen-bond acceptors (Lipinski definition) is 14. The predicted molar refractivity (Wildman–Crippen MR) is 401 cm³/mol. The van der Waals surface area contributed by atoms with Crippen LogP contribution in [-0.2, 0) is 87.7 Å². The van der Waals surface area contributed by atoms with Crippen LogP contribution in [-0.4, -0.2) is 271 Å². The van der Waals surface area contributed by atoms with Gasteiger partial charge in [-0.15, -0.1) is 0 Å². The number of carbonyl (C=O) groups is 12. The van der Waals surface area contributed by atoms with Gasteiger partial charge in [0.1, 0.15) is 59.6 Å². The van der Waals surface area contributed by atoms with Gasteiger partial charge < -0.3 is 69.5 Å². The molecule has 12 amide bonds. The number of hydrogen-bond donors (Lipinski definition) is 3. The first-order chi connectivity index (χ1) is 51.5. The molecule has 7 aliphatic heterocycles. The fraction of sp³-hybridized carbons (Fsp3) is 0.675. The molecule has 2 aromatic carbocycles. The first-order valence-corrected chi connectivity index (χ1v) is 38.9. The fourth-order valence-electron chi connectivity index (χ4n) is 16.8. The number of amides is 12. The van der Waals surface area contributed by atoms with E-state index in [0.717, 1.165) is 23.6 Å². The summed E-state index contributed by atoms with van der Waals surface area (Å²) in [5, 5.41) is 8.86. The smallest absolute Gasteiger partial charge is 0.419 e. The predicted octanol–water partition coefficient (Wildman–Crippen LogP) is 5.94. The minimum Gasteiger partial charge on any atom is -0.496 e. The van der Waals surface area contributed by atoms with E-state index in [4.69, 9.17) is 9.47 Å². The number of alkyl halides is 3. The maximum absolute atomic E-state index is 15.9. The van der Waals surface area contributed by atoms with Crippen molar-refractivity contribution >= 4 is 70.9 Å². The third-order valence-electron chi connectivity index (χ3n) is 23.4. The summed E-state index contributed by atoms with van der Waals surface area (Å²) < 4.78 is 54.0. The summed E-state index contributed by atoms with van der Waals surface area (Å²) in [7, 11) is 11.2. The maximum Gasteiger partial charge on any atom is 0.419 e. The molecule has 0 radical (unpaired) electrons. The summed E-state index contributed by atoms with van der Waals surface area (Å²) in [6.07, 6.45) is 3.52. The van der Waals surface area contributed by atoms with Crippen molar-refractivity contribution in [3.63, 3.8) is 0 Å². The quantitative estimate of drug-likeness (QED) is 0.220. The van der Waals surface area contributed by atoms with Crippen molar-refractivity contribution in [1.82, 2.24) is 60.0 Å². The van der Waals surface area contributed by atoms with Crippen LogP contribution in [0.25, 0.3) is 0 Å². The van der Waals surface area contributed by atoms with Crippen LogP contribution in [0.3, 0.4) is 0 Å². The number of carbonyl (C=O) groups excluding carboxylic acids is 12. The molecule has 1 spiro atoms. The normalized spacial score (nSPS) is 27.1. The van der Waals surface area contributed by atoms with Crippen LogP contribution in [0, 0.1) is 17.3 Å². The van der Waals surface area contributed by atoms with E-state index < -0.39 is 185 Å². The first-order valence-electron chi connectivity index (χ1n) is 38.9. The average molecular weight is 1530 g/mol. The summed E-state index contributed by atoms with van der Waals surface area (Å²) in [5.74, 6) is -9.63. The molecule has 9 aliphatic rings. The summed E-state index contributed by atoms with van der Waals surface area (Å²) in [6, 6.07) is 0.305. The number of aryl methyl sites for hydroxylation is 2. The van der Waals surface area contributed by atoms with Crippen LogP contribution < -0.4 is 20.7 Å². The van der Waals surface area contributed by atoms with E-state index in [-0.39, 0.29) is 77.6 Å². The Morgan fingerprint density at radius 1 is 0.670 bits per heavy atom. The lowest BCUT2D eigenvalue weighted by Gasteiger charge is -2.54. The largest absolute Gasteiger partial charge is 0.496 e. The molecule has 0 aromatic heterocycles. The number of nitrogens with zero attached hydrogens (tertiary/aromatic N) is 9. The molecule has 10 atom stereocenters. The van der Waals surface area contributed by atoms with E-state index in [1.54, 1.807) is 33.9 Å². The summed E-state index contributed by atoms with van der Waals surface area (Å²) in [5.41, 5.74) is -1.36. The SMILES string of the molecule is CCO[C@@H]1C[C@H]2C(=O)NC3(CC(C)(C)C3)C(=O)N(C)[C@@H](C3CCCC3)C(=O)N(C)[C@H](C(=O)N(C)CC)CC(=O)N(C)[C@H]3CCCCCCc4ccc(cc4)C[C@@H](C(=O)N(C)CC(=O)N[C@@H](CCc4ccc(C(F)(F)F)c(OC)c4)C(=O)N2C1)N1CC/C=C\C[C@@H](C1=O)N(C)C(=O)CN(C)C(=O)[C@@H]([C@@H](C)CC)NC3=O. The van der Waals surface area contributed by atoms with Crippen molar-refractivity contribution in [3.05, 3.63) is 76.9 Å². The molecule has 26 nitrogen and oxygen atoms in total. The van der Waals surface area contributed by atoms with Crippen LogP contribution in [0.4, 0.5) is 13.2 Å². The van der Waals surface area contributed by atoms with Gasteiger partial charge in [0.15, 0.2) is 0 Å². The van der Waals surface area contributed by atoms with Crippen LogP contribution in [0.1, 0.15) is 173 Å². The van der Waals surface area contributed by atoms with Crippen molar-refractivity contribution in [2.24, 2.45) is 17.3 Å². The Kier molecular flexibility index (Phi) is 29.5. The fourth-order valence-corrected chi connectivity index (χ4v) is 16.8. The van der Waals surface area contributed by atoms with Gasteiger partial charge in [-0.2, -0.15) is 13.2 Å². The molecule has 2 saturated carbocycles. The van der Waals surface area contributed by atoms with E-state index in [9.17, 15) is 32.3 Å². The highest BCUT2D eigenvalue weighted by atomic mass is 19.4. The average Bonchev–Trinajstić information content (AvgIpc) is 1.42. The Morgan fingerprint density at radius 3 is 1.94 bits per heavy atom. The zero-order valence-corrected chi connectivity index (χ0v) is 66.3. The number of rotatable bonds is 11. The van der Waals surface area contributed by atoms with Gasteiger partial charge in [0.25, 0.3) is 0 Å². The lowest BCUT2D eigenvalue weighted by Crippen LogP contribution is -2.71. The van der Waals surface area contributed by atoms with Gasteiger partial charge in [-0.3, -0.25) is 57.5 Å². The molecular weight excluding hydrogens is 1410 g/mol. The summed E-state index contributed by atoms with van der Waals surface area (Å²) in [6.45, 7) is 9.83. The number of ether oxygens (including phenoxy) is 2. The van der Waals surface area contributed by atoms with Gasteiger partial charge in [0.2, 0.25) is 70.9 Å². The molecule has 6 bridgehead atoms. The molecule has 3 N–H and O–H groups in total. The van der Waals surface area contributed by atoms with Gasteiger partial charge in [-0.25, -0.2) is 0 Å². The summed E-state index contributed by atoms with van der Waals surface area (Å²) >= 11 is 0. The van der Waals surface area contributed by atoms with Gasteiger partial charge in [-0.1, -0.05) is 109 Å². The molecule has 2 saturated heterocycles. The molecule has 2 aromatic rings. The second-order valence-electron chi connectivity index (χ2n) is 31.8. The minimum atomic E-state index is -4.78. The highest BCUT2D eigenvalue weighted by Crippen LogP contribution is 2.50. The molecule has 29 heteroatoms. The number of benzene rings is 2. The Bertz CT molecular complexity index is 3650. The molecule has 109 heavy (non-hydrogen) atoms. The minimum absolute atomic E-state index is 0.00612. The zero-order valence-electron chi connectivity index (χ0n) is 66.3. The Balaban J connectivity index is 1.28. The Labute approximate surface area is 640 Å². The topological polar surface area (TPSA) is 289 Å². The Hall–Kier alpha value is -8.63. The molecule has 7 heterocycles. The van der Waals surface area contributed by atoms with Crippen molar-refractivity contribution < 1.29 is 80.2 Å². The Morgan fingerprint density at radius 2 is 1.31 bits per heavy atom. The number of nitrogens with one attached hydrogen (secondary N) is 3. The van der Waals surface area contributed by atoms with Gasteiger partial charge >= 0.3 is 6.18 Å². The van der Waals surface area contributed by atoms with Gasteiger partial charge in [0.05, 0.1) is 38.3 Å². The standard InChI is InChI=1S/C80H117F3N12O14/c1-15-50(4)67-75(105)89(9)47-66(98)91(11)59-31-23-20-26-40-94(74(59)104)62-41-52-34-32-51(33-35-52)27-21-18-19-22-30-58(69(99)85-67)90(10)65(97)44-61(72(102)87(7)16-2)92(12)76(106)68(54-28-24-25-29-54)93(13)77(107)79(48-78(5,6)49-79)86-70(100)60-43-55(109-17-3)45-95(60)71(101)57(84-64(96)46-88(8)73(62)103)39-37-53-36-38-56(80(81,82)83)63(42-53)108-14/h20,23,32-36,38,42,50,54-55,57-62,67-68H,15-19,21-22,24-31,37,39-41,43-49H2,1-14H3,(H,84,96)(H,85,99)(H,86,100)/b23-20-/t50-,55+,57-,58-,59-,60-,61-,62-,67+,68-/m0/s1. The van der Waals surface area contributed by atoms with Crippen molar-refractivity contribution in [2.45, 2.75) is 236 Å². The number of halogens is 3. The molecule has 2 aliphatic carbocycles. The van der Waals surface area contributed by atoms with Gasteiger partial charge in [0, 0.05) is 88.4 Å². The monoisotopic (exact) mass is 1530 g/mol. The van der Waals surface area contributed by atoms with E-state index in [1.165, 1.54) is 93.6 Å². The van der Waals surface area contributed by atoms with Crippen molar-refractivity contribution in [3.8, 4) is 5.75 Å². The van der Waals surface area contributed by atoms with Crippen LogP contribution in [0.2, 0.25) is 0 Å². The summed E-state index contributed by atoms with van der Waals surface area (Å²) in [4.78, 5) is 196. The van der Waals surface area contributed by atoms with Gasteiger partial charge in [-0.05, 0) is 131 Å². The van der Waals surface area contributed by atoms with Crippen molar-refractivity contribution in [2.75, 3.05) is 95.8 Å². The number of likely N-dealkylation sites (N-methyl/N-ethyl adjacent to an activating group) is 7. The van der Waals surface area contributed by atoms with Crippen molar-refractivity contribution in [1.29, 1.82) is 0 Å². The van der Waals surface area contributed by atoms with Crippen LogP contribution >= 0.6 is 0 Å². The highest BCUT2D eigenvalue weighted by Gasteiger charge is 2.59. The molecule has 11 rings (SSSR count). The first kappa shape index (κ1) is 86.0. The highest BCUT2D eigenvalue weighted by molar-refractivity contribution is 6.01. The third kappa shape index (κ3) is 20.7. The third-order valence-corrected chi connectivity index (χ3v) is 23.4. The second kappa shape index (κ2) is 37.4. The molecular formula is C80H117F3N12O14. The van der Waals surface area contributed by atoms with Crippen LogP contribution in [0.15, 0.2) is 54.6 Å². The van der Waals surface area contributed by atoms with E-state index in [2.05, 4.69) is 16.0 Å². The lowest BCUT2D eigenvalue weighted by atomic mass is 9.58. The molecule has 4 fully saturated rings. The molecule has 0 unspecified atom stereocenters. The molecule has 602 valence electrons. The van der Waals surface area contributed by atoms with E-state index in [0.29, 0.717) is 81.8 Å². The van der Waals surface area contributed by atoms with E-state index >= 15 is 38.4 Å². The maximum atomic E-state index is 15.9. The van der Waals surface area contributed by atoms with E-state index in [1.807, 2.05) is 51.1 Å². The van der Waals surface area contributed by atoms with Crippen LogP contribution in [0.5, 0.6) is 5.75 Å². The lowest BCUT2D eigenvalue weighted by molar-refractivity contribution is -0.161. The second-order valence-corrected chi connectivity index (χ2v) is 31.8.